The number of hydrogen-bond acceptors (Lipinski definition) is 1. The maximum absolute atomic E-state index is 13.9. The smallest absolute Gasteiger partial charge is 0.254 e. The van der Waals surface area contributed by atoms with Gasteiger partial charge in [0, 0.05) is 5.54 Å². The van der Waals surface area contributed by atoms with E-state index in [0.717, 1.165) is 42.6 Å². The minimum absolute atomic E-state index is 0.0536. The Balaban J connectivity index is 1.58. The number of benzene rings is 1. The first-order valence-electron chi connectivity index (χ1n) is 8.12. The lowest BCUT2D eigenvalue weighted by Crippen LogP contribution is -2.59. The van der Waals surface area contributed by atoms with Crippen LogP contribution in [0.2, 0.25) is 0 Å². The molecule has 21 heavy (non-hydrogen) atoms. The van der Waals surface area contributed by atoms with Crippen molar-refractivity contribution in [3.63, 3.8) is 0 Å². The van der Waals surface area contributed by atoms with Gasteiger partial charge in [-0.2, -0.15) is 0 Å². The number of carbonyl (C=O) groups excluding carboxylic acids is 1. The van der Waals surface area contributed by atoms with Gasteiger partial charge in [-0.25, -0.2) is 4.39 Å². The van der Waals surface area contributed by atoms with Crippen molar-refractivity contribution in [3.05, 3.63) is 35.1 Å². The molecular formula is C18H22FNO. The van der Waals surface area contributed by atoms with Gasteiger partial charge >= 0.3 is 0 Å². The van der Waals surface area contributed by atoms with Crippen LogP contribution in [0.5, 0.6) is 0 Å². The number of amides is 1. The Morgan fingerprint density at radius 2 is 1.71 bits per heavy atom. The molecule has 1 N–H and O–H groups in total. The Labute approximate surface area is 125 Å². The van der Waals surface area contributed by atoms with Crippen LogP contribution in [0, 0.1) is 30.5 Å². The third-order valence-corrected chi connectivity index (χ3v) is 5.78. The summed E-state index contributed by atoms with van der Waals surface area (Å²) >= 11 is 0. The molecule has 0 aromatic heterocycles. The van der Waals surface area contributed by atoms with Crippen LogP contribution in [0.25, 0.3) is 0 Å². The fraction of sp³-hybridized carbons (Fsp3) is 0.611. The largest absolute Gasteiger partial charge is 0.346 e. The summed E-state index contributed by atoms with van der Waals surface area (Å²) in [5, 5.41) is 3.23. The highest BCUT2D eigenvalue weighted by Crippen LogP contribution is 2.55. The van der Waals surface area contributed by atoms with Gasteiger partial charge in [-0.1, -0.05) is 11.6 Å². The van der Waals surface area contributed by atoms with E-state index in [9.17, 15) is 9.18 Å². The minimum Gasteiger partial charge on any atom is -0.346 e. The van der Waals surface area contributed by atoms with Crippen molar-refractivity contribution in [3.8, 4) is 0 Å². The maximum Gasteiger partial charge on any atom is 0.254 e. The molecule has 0 aliphatic heterocycles. The summed E-state index contributed by atoms with van der Waals surface area (Å²) in [5.74, 6) is 1.69. The van der Waals surface area contributed by atoms with E-state index in [1.165, 1.54) is 25.3 Å². The van der Waals surface area contributed by atoms with Gasteiger partial charge in [-0.15, -0.1) is 0 Å². The molecule has 0 radical (unpaired) electrons. The number of aryl methyl sites for hydroxylation is 1. The van der Waals surface area contributed by atoms with Crippen molar-refractivity contribution in [1.82, 2.24) is 5.32 Å². The molecule has 0 saturated heterocycles. The van der Waals surface area contributed by atoms with Gasteiger partial charge in [-0.05, 0) is 75.3 Å². The first kappa shape index (κ1) is 13.3. The summed E-state index contributed by atoms with van der Waals surface area (Å²) in [6, 6.07) is 4.76. The summed E-state index contributed by atoms with van der Waals surface area (Å²) in [7, 11) is 0. The highest BCUT2D eigenvalue weighted by molar-refractivity contribution is 5.95. The van der Waals surface area contributed by atoms with Crippen molar-refractivity contribution in [2.24, 2.45) is 17.8 Å². The SMILES string of the molecule is Cc1ccc(F)c(C(=O)NC23CC4CC(CC(C4)C2)C3)c1. The summed E-state index contributed by atoms with van der Waals surface area (Å²) in [4.78, 5) is 12.6. The van der Waals surface area contributed by atoms with Crippen LogP contribution >= 0.6 is 0 Å². The second-order valence-electron chi connectivity index (χ2n) is 7.64. The Hall–Kier alpha value is -1.38. The third-order valence-electron chi connectivity index (χ3n) is 5.78. The second kappa shape index (κ2) is 4.56. The van der Waals surface area contributed by atoms with Crippen LogP contribution in [0.3, 0.4) is 0 Å². The zero-order valence-corrected chi connectivity index (χ0v) is 12.5. The van der Waals surface area contributed by atoms with Crippen LogP contribution in [-0.4, -0.2) is 11.4 Å². The molecular weight excluding hydrogens is 265 g/mol. The highest BCUT2D eigenvalue weighted by atomic mass is 19.1. The van der Waals surface area contributed by atoms with Crippen LogP contribution in [0.1, 0.15) is 54.4 Å². The summed E-state index contributed by atoms with van der Waals surface area (Å²) in [6.07, 6.45) is 7.31. The van der Waals surface area contributed by atoms with Gasteiger partial charge in [0.15, 0.2) is 0 Å². The van der Waals surface area contributed by atoms with E-state index in [4.69, 9.17) is 0 Å². The molecule has 0 atom stereocenters. The quantitative estimate of drug-likeness (QED) is 0.880. The molecule has 1 aromatic carbocycles. The molecule has 1 amide bonds. The molecule has 0 heterocycles. The minimum atomic E-state index is -0.414. The standard InChI is InChI=1S/C18H22FNO/c1-11-2-3-16(19)15(4-11)17(21)20-18-8-12-5-13(9-18)7-14(6-12)10-18/h2-4,12-14H,5-10H2,1H3,(H,20,21). The molecule has 2 nitrogen and oxygen atoms in total. The van der Waals surface area contributed by atoms with Crippen LogP contribution in [0.15, 0.2) is 18.2 Å². The number of hydrogen-bond donors (Lipinski definition) is 1. The molecule has 3 heteroatoms. The molecule has 4 aliphatic rings. The highest BCUT2D eigenvalue weighted by Gasteiger charge is 2.51. The third kappa shape index (κ3) is 2.27. The molecule has 0 unspecified atom stereocenters. The van der Waals surface area contributed by atoms with E-state index >= 15 is 0 Å². The summed E-state index contributed by atoms with van der Waals surface area (Å²) in [5.41, 5.74) is 1.07. The fourth-order valence-electron chi connectivity index (χ4n) is 5.39. The first-order valence-corrected chi connectivity index (χ1v) is 8.12. The molecule has 4 fully saturated rings. The lowest BCUT2D eigenvalue weighted by Gasteiger charge is -2.56. The topological polar surface area (TPSA) is 29.1 Å². The van der Waals surface area contributed by atoms with Gasteiger partial charge < -0.3 is 5.32 Å². The molecule has 0 spiro atoms. The zero-order chi connectivity index (χ0) is 14.6. The van der Waals surface area contributed by atoms with Crippen molar-refractivity contribution in [1.29, 1.82) is 0 Å². The molecule has 4 saturated carbocycles. The monoisotopic (exact) mass is 287 g/mol. The number of rotatable bonds is 2. The number of halogens is 1. The molecule has 5 rings (SSSR count). The average molecular weight is 287 g/mol. The van der Waals surface area contributed by atoms with E-state index in [-0.39, 0.29) is 17.0 Å². The van der Waals surface area contributed by atoms with E-state index in [0.29, 0.717) is 0 Å². The summed E-state index contributed by atoms with van der Waals surface area (Å²) in [6.45, 7) is 1.89. The van der Waals surface area contributed by atoms with Crippen molar-refractivity contribution >= 4 is 5.91 Å². The Morgan fingerprint density at radius 1 is 1.14 bits per heavy atom. The normalized spacial score (nSPS) is 36.8. The van der Waals surface area contributed by atoms with Crippen LogP contribution in [0.4, 0.5) is 4.39 Å². The maximum atomic E-state index is 13.9. The van der Waals surface area contributed by atoms with E-state index in [2.05, 4.69) is 5.32 Å². The first-order chi connectivity index (χ1) is 10.0. The lowest BCUT2D eigenvalue weighted by molar-refractivity contribution is -0.0167. The van der Waals surface area contributed by atoms with Crippen molar-refractivity contribution < 1.29 is 9.18 Å². The molecule has 1 aromatic rings. The lowest BCUT2D eigenvalue weighted by atomic mass is 9.53. The van der Waals surface area contributed by atoms with Crippen molar-refractivity contribution in [2.45, 2.75) is 51.0 Å². The van der Waals surface area contributed by atoms with Gasteiger partial charge in [-0.3, -0.25) is 4.79 Å². The van der Waals surface area contributed by atoms with Gasteiger partial charge in [0.2, 0.25) is 0 Å². The molecule has 4 aliphatic carbocycles. The zero-order valence-electron chi connectivity index (χ0n) is 12.5. The predicted molar refractivity (Wildman–Crippen MR) is 79.5 cm³/mol. The fourth-order valence-corrected chi connectivity index (χ4v) is 5.39. The Kier molecular flexibility index (Phi) is 2.88. The van der Waals surface area contributed by atoms with E-state index < -0.39 is 5.82 Å². The molecule has 112 valence electrons. The second-order valence-corrected chi connectivity index (χ2v) is 7.64. The number of nitrogens with one attached hydrogen (secondary N) is 1. The van der Waals surface area contributed by atoms with Gasteiger partial charge in [0.1, 0.15) is 5.82 Å². The summed E-state index contributed by atoms with van der Waals surface area (Å²) < 4.78 is 13.9. The predicted octanol–water partition coefficient (Wildman–Crippen LogP) is 3.83. The Morgan fingerprint density at radius 3 is 2.29 bits per heavy atom. The van der Waals surface area contributed by atoms with Crippen LogP contribution in [-0.2, 0) is 0 Å². The van der Waals surface area contributed by atoms with Crippen molar-refractivity contribution in [2.75, 3.05) is 0 Å². The average Bonchev–Trinajstić information content (AvgIpc) is 2.39. The molecule has 4 bridgehead atoms. The number of carbonyl (C=O) groups is 1. The van der Waals surface area contributed by atoms with Gasteiger partial charge in [0.05, 0.1) is 5.56 Å². The Bertz CT molecular complexity index is 560. The van der Waals surface area contributed by atoms with Crippen LogP contribution < -0.4 is 5.32 Å². The van der Waals surface area contributed by atoms with E-state index in [1.807, 2.05) is 6.92 Å². The van der Waals surface area contributed by atoms with E-state index in [1.54, 1.807) is 12.1 Å². The van der Waals surface area contributed by atoms with Gasteiger partial charge in [0.25, 0.3) is 5.91 Å².